The van der Waals surface area contributed by atoms with Gasteiger partial charge in [0.2, 0.25) is 5.13 Å². The van der Waals surface area contributed by atoms with Crippen LogP contribution in [0.25, 0.3) is 0 Å². The van der Waals surface area contributed by atoms with Crippen molar-refractivity contribution >= 4 is 32.8 Å². The number of rotatable bonds is 4. The molecule has 0 aromatic carbocycles. The van der Waals surface area contributed by atoms with Crippen LogP contribution in [0.4, 0.5) is 13.2 Å². The van der Waals surface area contributed by atoms with Gasteiger partial charge in [-0.05, 0) is 6.92 Å². The van der Waals surface area contributed by atoms with Gasteiger partial charge in [0, 0.05) is 23.8 Å². The molecule has 1 aromatic heterocycles. The lowest BCUT2D eigenvalue weighted by atomic mass is 10.2. The van der Waals surface area contributed by atoms with Crippen molar-refractivity contribution < 1.29 is 31.4 Å². The number of sulfone groups is 1. The van der Waals surface area contributed by atoms with Crippen molar-refractivity contribution in [2.45, 2.75) is 34.7 Å². The predicted molar refractivity (Wildman–Crippen MR) is 71.9 cm³/mol. The zero-order valence-corrected chi connectivity index (χ0v) is 13.4. The van der Waals surface area contributed by atoms with Crippen LogP contribution in [0.15, 0.2) is 4.21 Å². The van der Waals surface area contributed by atoms with Gasteiger partial charge in [-0.15, -0.1) is 0 Å². The Balaban J connectivity index is 2.49. The van der Waals surface area contributed by atoms with E-state index in [1.165, 1.54) is 0 Å². The van der Waals surface area contributed by atoms with Gasteiger partial charge in [0.1, 0.15) is 16.9 Å². The third-order valence-electron chi connectivity index (χ3n) is 2.86. The molecular weight excluding hydrogens is 353 g/mol. The maximum atomic E-state index is 13.6. The Morgan fingerprint density at radius 1 is 1.57 bits per heavy atom. The molecule has 1 aliphatic carbocycles. The highest BCUT2D eigenvalue weighted by atomic mass is 35.5. The third kappa shape index (κ3) is 3.30. The van der Waals surface area contributed by atoms with E-state index in [4.69, 9.17) is 16.3 Å². The summed E-state index contributed by atoms with van der Waals surface area (Å²) in [5.41, 5.74) is -0.475. The van der Waals surface area contributed by atoms with E-state index in [0.717, 1.165) is 13.2 Å². The second-order valence-corrected chi connectivity index (χ2v) is 9.02. The van der Waals surface area contributed by atoms with Crippen LogP contribution < -0.4 is 4.74 Å². The molecule has 4 nitrogen and oxygen atoms in total. The van der Waals surface area contributed by atoms with Crippen LogP contribution in [0.5, 0.6) is 5.06 Å². The first-order valence-corrected chi connectivity index (χ1v) is 8.83. The van der Waals surface area contributed by atoms with Crippen LogP contribution >= 0.6 is 22.9 Å². The first-order chi connectivity index (χ1) is 9.33. The molecule has 1 heterocycles. The molecule has 2 rings (SSSR count). The summed E-state index contributed by atoms with van der Waals surface area (Å²) >= 11 is 5.90. The largest absolute Gasteiger partial charge is 0.479 e. The fourth-order valence-corrected chi connectivity index (χ4v) is 4.46. The van der Waals surface area contributed by atoms with E-state index < -0.39 is 44.2 Å². The van der Waals surface area contributed by atoms with Crippen molar-refractivity contribution in [1.29, 1.82) is 0 Å². The number of hydrogen-bond acceptors (Lipinski definition) is 5. The number of halogens is 4. The number of ether oxygens (including phenoxy) is 1. The molecular formula is C11H12ClF3O4S2. The molecule has 0 fully saturated rings. The van der Waals surface area contributed by atoms with Crippen molar-refractivity contribution in [1.82, 2.24) is 0 Å². The average molecular weight is 365 g/mol. The number of hydrogen-bond donors (Lipinski definition) is 1. The van der Waals surface area contributed by atoms with E-state index in [9.17, 15) is 26.7 Å². The molecule has 1 unspecified atom stereocenters. The lowest BCUT2D eigenvalue weighted by Crippen LogP contribution is -2.23. The third-order valence-corrected chi connectivity index (χ3v) is 5.97. The molecule has 0 saturated carbocycles. The van der Waals surface area contributed by atoms with Gasteiger partial charge >= 0.3 is 0 Å². The molecule has 120 valence electrons. The SMILES string of the molecule is CC(F)(Cl)COc1sc(S(C)(=O)=O)c2c1CC(F)(F)[C@H]2O. The van der Waals surface area contributed by atoms with Crippen molar-refractivity contribution in [3.8, 4) is 5.06 Å². The first-order valence-electron chi connectivity index (χ1n) is 5.75. The summed E-state index contributed by atoms with van der Waals surface area (Å²) in [4.78, 5) is 0. The summed E-state index contributed by atoms with van der Waals surface area (Å²) in [6, 6.07) is 0. The van der Waals surface area contributed by atoms with Crippen LogP contribution in [0.1, 0.15) is 24.2 Å². The molecule has 0 spiro atoms. The molecule has 10 heteroatoms. The summed E-state index contributed by atoms with van der Waals surface area (Å²) in [6.45, 7) is 0.385. The van der Waals surface area contributed by atoms with E-state index in [2.05, 4.69) is 0 Å². The standard InChI is InChI=1S/C11H12ClF3O4S2/c1-10(12,13)4-19-8-5-3-11(14,15)7(16)6(5)9(20-8)21(2,17)18/h7,16H,3-4H2,1-2H3/t7-,10?/m0/s1. The smallest absolute Gasteiger partial charge is 0.281 e. The van der Waals surface area contributed by atoms with Gasteiger partial charge in [0.25, 0.3) is 5.92 Å². The second kappa shape index (κ2) is 5.00. The fraction of sp³-hybridized carbons (Fsp3) is 0.636. The van der Waals surface area contributed by atoms with Crippen molar-refractivity contribution in [3.05, 3.63) is 11.1 Å². The number of aliphatic hydroxyl groups is 1. The van der Waals surface area contributed by atoms with Crippen LogP contribution in [0.3, 0.4) is 0 Å². The van der Waals surface area contributed by atoms with Crippen LogP contribution in [-0.2, 0) is 16.3 Å². The lowest BCUT2D eigenvalue weighted by molar-refractivity contribution is -0.0976. The average Bonchev–Trinajstić information content (AvgIpc) is 2.71. The number of aliphatic hydroxyl groups excluding tert-OH is 1. The van der Waals surface area contributed by atoms with E-state index in [0.29, 0.717) is 11.3 Å². The van der Waals surface area contributed by atoms with E-state index in [1.807, 2.05) is 0 Å². The Bertz CT molecular complexity index is 664. The van der Waals surface area contributed by atoms with Crippen molar-refractivity contribution in [2.75, 3.05) is 12.9 Å². The highest BCUT2D eigenvalue weighted by Crippen LogP contribution is 2.53. The second-order valence-electron chi connectivity index (χ2n) is 5.04. The Hall–Kier alpha value is -0.510. The van der Waals surface area contributed by atoms with E-state index in [1.54, 1.807) is 0 Å². The van der Waals surface area contributed by atoms with Crippen molar-refractivity contribution in [2.24, 2.45) is 0 Å². The van der Waals surface area contributed by atoms with Gasteiger partial charge in [-0.25, -0.2) is 21.6 Å². The quantitative estimate of drug-likeness (QED) is 0.834. The predicted octanol–water partition coefficient (Wildman–Crippen LogP) is 2.68. The maximum absolute atomic E-state index is 13.6. The minimum absolute atomic E-state index is 0.112. The lowest BCUT2D eigenvalue weighted by Gasteiger charge is -2.15. The summed E-state index contributed by atoms with van der Waals surface area (Å²) in [5.74, 6) is -3.49. The molecule has 0 radical (unpaired) electrons. The molecule has 0 aliphatic heterocycles. The van der Waals surface area contributed by atoms with Crippen molar-refractivity contribution in [3.63, 3.8) is 0 Å². The summed E-state index contributed by atoms with van der Waals surface area (Å²) in [5, 5.41) is 7.25. The Morgan fingerprint density at radius 2 is 2.14 bits per heavy atom. The van der Waals surface area contributed by atoms with Gasteiger partial charge in [0.15, 0.2) is 14.9 Å². The summed E-state index contributed by atoms with van der Waals surface area (Å²) in [7, 11) is -3.83. The monoisotopic (exact) mass is 364 g/mol. The van der Waals surface area contributed by atoms with Gasteiger partial charge in [-0.3, -0.25) is 0 Å². The highest BCUT2D eigenvalue weighted by molar-refractivity contribution is 7.92. The molecule has 0 amide bonds. The molecule has 0 bridgehead atoms. The Kier molecular flexibility index (Phi) is 4.02. The first kappa shape index (κ1) is 16.9. The zero-order valence-electron chi connectivity index (χ0n) is 11.0. The molecule has 1 N–H and O–H groups in total. The minimum atomic E-state index is -3.83. The molecule has 1 aliphatic rings. The van der Waals surface area contributed by atoms with E-state index in [-0.39, 0.29) is 16.2 Å². The normalized spacial score (nSPS) is 23.7. The fourth-order valence-electron chi connectivity index (χ4n) is 2.01. The van der Waals surface area contributed by atoms with Gasteiger partial charge in [-0.1, -0.05) is 22.9 Å². The zero-order chi connectivity index (χ0) is 16.2. The molecule has 21 heavy (non-hydrogen) atoms. The Morgan fingerprint density at radius 3 is 2.62 bits per heavy atom. The summed E-state index contributed by atoms with van der Waals surface area (Å²) < 4.78 is 68.4. The van der Waals surface area contributed by atoms with Crippen LogP contribution in [0, 0.1) is 0 Å². The highest BCUT2D eigenvalue weighted by Gasteiger charge is 2.52. The minimum Gasteiger partial charge on any atom is -0.479 e. The number of alkyl halides is 4. The van der Waals surface area contributed by atoms with Crippen LogP contribution in [0.2, 0.25) is 0 Å². The topological polar surface area (TPSA) is 63.6 Å². The van der Waals surface area contributed by atoms with Gasteiger partial charge in [0.05, 0.1) is 0 Å². The number of thiophene rings is 1. The van der Waals surface area contributed by atoms with E-state index >= 15 is 0 Å². The van der Waals surface area contributed by atoms with Gasteiger partial charge in [-0.2, -0.15) is 0 Å². The maximum Gasteiger partial charge on any atom is 0.281 e. The molecule has 1 aromatic rings. The van der Waals surface area contributed by atoms with Crippen LogP contribution in [-0.4, -0.2) is 37.4 Å². The van der Waals surface area contributed by atoms with Gasteiger partial charge < -0.3 is 9.84 Å². The molecule has 0 saturated heterocycles. The Labute approximate surface area is 128 Å². The number of fused-ring (bicyclic) bond motifs is 1. The molecule has 2 atom stereocenters. The summed E-state index contributed by atoms with van der Waals surface area (Å²) in [6.07, 6.45) is -2.25.